The summed E-state index contributed by atoms with van der Waals surface area (Å²) < 4.78 is 1.71. The van der Waals surface area contributed by atoms with Crippen LogP contribution in [0.25, 0.3) is 0 Å². The number of halogens is 1. The lowest BCUT2D eigenvalue weighted by Crippen LogP contribution is -2.29. The van der Waals surface area contributed by atoms with Crippen LogP contribution in [0.2, 0.25) is 0 Å². The van der Waals surface area contributed by atoms with Crippen LogP contribution in [0.3, 0.4) is 0 Å². The number of nitrogens with one attached hydrogen (secondary N) is 2. The number of hydrazone groups is 1. The molecule has 1 aliphatic carbocycles. The number of guanidine groups is 1. The van der Waals surface area contributed by atoms with Gasteiger partial charge in [-0.1, -0.05) is 48.5 Å². The van der Waals surface area contributed by atoms with Crippen LogP contribution < -0.4 is 11.2 Å². The Morgan fingerprint density at radius 2 is 1.69 bits per heavy atom. The number of nitrogens with zero attached hydrogens (tertiary/aromatic N) is 2. The predicted molar refractivity (Wildman–Crippen MR) is 117 cm³/mol. The fourth-order valence-electron chi connectivity index (χ4n) is 3.69. The average molecular weight is 408 g/mol. The molecule has 0 aliphatic heterocycles. The molecular weight excluding hydrogens is 386 g/mol. The number of rotatable bonds is 3. The number of fused-ring (bicyclic) bond motifs is 1. The fraction of sp³-hybridized carbons (Fsp3) is 0.136. The molecule has 0 saturated carbocycles. The molecule has 0 amide bonds. The van der Waals surface area contributed by atoms with Crippen LogP contribution in [-0.4, -0.2) is 22.1 Å². The van der Waals surface area contributed by atoms with Crippen molar-refractivity contribution in [3.63, 3.8) is 0 Å². The Balaban J connectivity index is 0.00000240. The lowest BCUT2D eigenvalue weighted by atomic mass is 9.82. The van der Waals surface area contributed by atoms with Gasteiger partial charge < -0.3 is 5.73 Å². The van der Waals surface area contributed by atoms with Crippen molar-refractivity contribution in [3.8, 4) is 0 Å². The maximum Gasteiger partial charge on any atom is 0.262 e. The molecule has 148 valence electrons. The van der Waals surface area contributed by atoms with Gasteiger partial charge in [0.05, 0.1) is 5.71 Å². The van der Waals surface area contributed by atoms with Gasteiger partial charge in [0.15, 0.2) is 0 Å². The minimum Gasteiger partial charge on any atom is -0.369 e. The summed E-state index contributed by atoms with van der Waals surface area (Å²) in [7, 11) is 0. The first kappa shape index (κ1) is 20.4. The van der Waals surface area contributed by atoms with E-state index < -0.39 is 0 Å². The summed E-state index contributed by atoms with van der Waals surface area (Å²) in [6.45, 7) is 0. The van der Waals surface area contributed by atoms with E-state index in [-0.39, 0.29) is 30.2 Å². The van der Waals surface area contributed by atoms with E-state index in [2.05, 4.69) is 22.7 Å². The van der Waals surface area contributed by atoms with Gasteiger partial charge in [0.2, 0.25) is 5.96 Å². The minimum absolute atomic E-state index is 0. The van der Waals surface area contributed by atoms with Crippen LogP contribution in [-0.2, 0) is 6.42 Å². The van der Waals surface area contributed by atoms with Crippen LogP contribution >= 0.6 is 12.4 Å². The number of aromatic nitrogens is 1. The smallest absolute Gasteiger partial charge is 0.262 e. The molecule has 0 bridgehead atoms. The largest absolute Gasteiger partial charge is 0.369 e. The van der Waals surface area contributed by atoms with Crippen molar-refractivity contribution < 1.29 is 4.79 Å². The van der Waals surface area contributed by atoms with Crippen LogP contribution in [0, 0.1) is 5.41 Å². The van der Waals surface area contributed by atoms with E-state index in [4.69, 9.17) is 11.1 Å². The topological polar surface area (TPSA) is 96.3 Å². The van der Waals surface area contributed by atoms with Crippen LogP contribution in [0.1, 0.15) is 39.5 Å². The highest BCUT2D eigenvalue weighted by atomic mass is 35.5. The summed E-state index contributed by atoms with van der Waals surface area (Å²) in [4.78, 5) is 13.0. The van der Waals surface area contributed by atoms with Gasteiger partial charge in [-0.05, 0) is 42.5 Å². The molecule has 0 saturated heterocycles. The van der Waals surface area contributed by atoms with Gasteiger partial charge in [-0.3, -0.25) is 14.8 Å². The lowest BCUT2D eigenvalue weighted by Gasteiger charge is -2.25. The highest BCUT2D eigenvalue weighted by Crippen LogP contribution is 2.34. The molecule has 1 heterocycles. The molecule has 0 spiro atoms. The Kier molecular flexibility index (Phi) is 6.14. The molecule has 6 nitrogen and oxygen atoms in total. The van der Waals surface area contributed by atoms with Gasteiger partial charge in [-0.15, -0.1) is 12.4 Å². The summed E-state index contributed by atoms with van der Waals surface area (Å²) in [5, 5.41) is 11.7. The van der Waals surface area contributed by atoms with Crippen molar-refractivity contribution in [3.05, 3.63) is 95.3 Å². The molecule has 1 atom stereocenters. The van der Waals surface area contributed by atoms with Gasteiger partial charge in [-0.2, -0.15) is 5.10 Å². The molecule has 2 aromatic carbocycles. The normalized spacial score (nSPS) is 16.6. The second-order valence-corrected chi connectivity index (χ2v) is 6.82. The summed E-state index contributed by atoms with van der Waals surface area (Å²) in [6.07, 6.45) is 3.25. The molecular formula is C22H22ClN5O. The second-order valence-electron chi connectivity index (χ2n) is 6.82. The maximum absolute atomic E-state index is 13.0. The van der Waals surface area contributed by atoms with Crippen molar-refractivity contribution in [2.24, 2.45) is 10.8 Å². The van der Waals surface area contributed by atoms with Gasteiger partial charge in [0, 0.05) is 23.0 Å². The molecule has 0 radical (unpaired) electrons. The Labute approximate surface area is 175 Å². The molecule has 1 unspecified atom stereocenters. The van der Waals surface area contributed by atoms with Gasteiger partial charge >= 0.3 is 0 Å². The van der Waals surface area contributed by atoms with Crippen molar-refractivity contribution in [1.29, 1.82) is 5.41 Å². The number of nitrogens with two attached hydrogens (primary N) is 1. The Morgan fingerprint density at radius 1 is 1.03 bits per heavy atom. The molecule has 1 aliphatic rings. The van der Waals surface area contributed by atoms with E-state index in [1.807, 2.05) is 54.6 Å². The summed E-state index contributed by atoms with van der Waals surface area (Å²) in [5.74, 6) is -0.0800. The predicted octanol–water partition coefficient (Wildman–Crippen LogP) is 3.52. The first-order valence-corrected chi connectivity index (χ1v) is 9.15. The first-order chi connectivity index (χ1) is 13.6. The third-order valence-corrected chi connectivity index (χ3v) is 5.00. The maximum atomic E-state index is 13.0. The van der Waals surface area contributed by atoms with Gasteiger partial charge in [0.1, 0.15) is 0 Å². The SMILES string of the molecule is Cl.N=C(N)N/N=C1\CC(c2ccccc2)Cc2c1ccn2C(=O)c1ccccc1. The van der Waals surface area contributed by atoms with E-state index in [1.54, 1.807) is 10.8 Å². The Morgan fingerprint density at radius 3 is 2.34 bits per heavy atom. The third-order valence-electron chi connectivity index (χ3n) is 5.00. The summed E-state index contributed by atoms with van der Waals surface area (Å²) >= 11 is 0. The quantitative estimate of drug-likeness (QED) is 0.352. The standard InChI is InChI=1S/C22H21N5O.ClH/c23-22(24)26-25-19-13-17(15-7-3-1-4-8-15)14-20-18(19)11-12-27(20)21(28)16-9-5-2-6-10-16;/h1-12,17H,13-14H2,(H4,23,24,26);1H/b25-19+;. The number of hydrogen-bond donors (Lipinski definition) is 3. The van der Waals surface area contributed by atoms with Crippen LogP contribution in [0.5, 0.6) is 0 Å². The molecule has 29 heavy (non-hydrogen) atoms. The van der Waals surface area contributed by atoms with Crippen molar-refractivity contribution in [2.45, 2.75) is 18.8 Å². The van der Waals surface area contributed by atoms with Gasteiger partial charge in [-0.25, -0.2) is 5.43 Å². The monoisotopic (exact) mass is 407 g/mol. The number of carbonyl (C=O) groups is 1. The van der Waals surface area contributed by atoms with E-state index >= 15 is 0 Å². The fourth-order valence-corrected chi connectivity index (χ4v) is 3.69. The van der Waals surface area contributed by atoms with E-state index in [1.165, 1.54) is 5.56 Å². The molecule has 4 rings (SSSR count). The highest BCUT2D eigenvalue weighted by Gasteiger charge is 2.29. The molecule has 4 N–H and O–H groups in total. The molecule has 0 fully saturated rings. The van der Waals surface area contributed by atoms with E-state index in [0.29, 0.717) is 12.0 Å². The average Bonchev–Trinajstić information content (AvgIpc) is 3.16. The summed E-state index contributed by atoms with van der Waals surface area (Å²) in [5.41, 5.74) is 12.4. The molecule has 3 aromatic rings. The van der Waals surface area contributed by atoms with E-state index in [9.17, 15) is 4.79 Å². The first-order valence-electron chi connectivity index (χ1n) is 9.15. The number of carbonyl (C=O) groups excluding carboxylic acids is 1. The molecule has 7 heteroatoms. The van der Waals surface area contributed by atoms with Crippen molar-refractivity contribution >= 4 is 30.0 Å². The number of hydrogen-bond acceptors (Lipinski definition) is 3. The minimum atomic E-state index is -0.212. The second kappa shape index (κ2) is 8.75. The number of benzene rings is 2. The Bertz CT molecular complexity index is 1040. The van der Waals surface area contributed by atoms with Crippen LogP contribution in [0.15, 0.2) is 78.0 Å². The zero-order chi connectivity index (χ0) is 19.5. The van der Waals surface area contributed by atoms with Crippen LogP contribution in [0.4, 0.5) is 0 Å². The van der Waals surface area contributed by atoms with Crippen molar-refractivity contribution in [2.75, 3.05) is 0 Å². The third kappa shape index (κ3) is 4.22. The lowest BCUT2D eigenvalue weighted by molar-refractivity contribution is 0.0957. The zero-order valence-electron chi connectivity index (χ0n) is 15.7. The van der Waals surface area contributed by atoms with Gasteiger partial charge in [0.25, 0.3) is 5.91 Å². The van der Waals surface area contributed by atoms with E-state index in [0.717, 1.165) is 23.4 Å². The van der Waals surface area contributed by atoms with Crippen molar-refractivity contribution in [1.82, 2.24) is 9.99 Å². The highest BCUT2D eigenvalue weighted by molar-refractivity contribution is 6.05. The summed E-state index contributed by atoms with van der Waals surface area (Å²) in [6, 6.07) is 21.4. The Hall–Kier alpha value is -3.38. The molecule has 1 aromatic heterocycles. The zero-order valence-corrected chi connectivity index (χ0v) is 16.5.